The van der Waals surface area contributed by atoms with Gasteiger partial charge in [0.1, 0.15) is 0 Å². The van der Waals surface area contributed by atoms with Gasteiger partial charge in [-0.15, -0.1) is 0 Å². The van der Waals surface area contributed by atoms with Gasteiger partial charge in [-0.1, -0.05) is 0 Å². The number of amides is 3. The lowest BCUT2D eigenvalue weighted by Gasteiger charge is -2.19. The van der Waals surface area contributed by atoms with Gasteiger partial charge in [-0.25, -0.2) is 9.59 Å². The zero-order chi connectivity index (χ0) is 15.3. The molecule has 1 aliphatic heterocycles. The summed E-state index contributed by atoms with van der Waals surface area (Å²) < 4.78 is 0. The van der Waals surface area contributed by atoms with Crippen molar-refractivity contribution in [3.05, 3.63) is 11.1 Å². The highest BCUT2D eigenvalue weighted by Gasteiger charge is 2.21. The molecule has 1 rings (SSSR count). The second kappa shape index (κ2) is 7.04. The molecule has 7 heteroatoms. The summed E-state index contributed by atoms with van der Waals surface area (Å²) in [6.45, 7) is 4.17. The monoisotopic (exact) mass is 283 g/mol. The molecule has 3 N–H and O–H groups in total. The SMILES string of the molecule is CC(C(=O)O)=C(C)C(=O)NC(=O)NCC1CCCN1C. The predicted molar refractivity (Wildman–Crippen MR) is 73.2 cm³/mol. The number of urea groups is 1. The van der Waals surface area contributed by atoms with Crippen LogP contribution in [0, 0.1) is 0 Å². The van der Waals surface area contributed by atoms with Crippen LogP contribution in [-0.2, 0) is 9.59 Å². The van der Waals surface area contributed by atoms with Crippen molar-refractivity contribution in [3.63, 3.8) is 0 Å². The van der Waals surface area contributed by atoms with Crippen LogP contribution in [0.4, 0.5) is 4.79 Å². The first-order chi connectivity index (χ1) is 9.32. The Labute approximate surface area is 118 Å². The van der Waals surface area contributed by atoms with Gasteiger partial charge in [0.25, 0.3) is 5.91 Å². The summed E-state index contributed by atoms with van der Waals surface area (Å²) in [4.78, 5) is 36.1. The summed E-state index contributed by atoms with van der Waals surface area (Å²) in [5.41, 5.74) is -0.0588. The number of hydrogen-bond donors (Lipinski definition) is 3. The highest BCUT2D eigenvalue weighted by Crippen LogP contribution is 2.13. The molecule has 1 fully saturated rings. The van der Waals surface area contributed by atoms with Crippen LogP contribution in [0.1, 0.15) is 26.7 Å². The number of imide groups is 1. The molecule has 0 radical (unpaired) electrons. The fourth-order valence-electron chi connectivity index (χ4n) is 2.02. The third kappa shape index (κ3) is 4.34. The summed E-state index contributed by atoms with van der Waals surface area (Å²) in [6.07, 6.45) is 2.12. The van der Waals surface area contributed by atoms with E-state index in [1.54, 1.807) is 0 Å². The standard InChI is InChI=1S/C13H21N3O4/c1-8(9(2)12(18)19)11(17)15-13(20)14-7-10-5-4-6-16(10)3/h10H,4-7H2,1-3H3,(H,18,19)(H2,14,15,17,20). The molecule has 0 aromatic heterocycles. The lowest BCUT2D eigenvalue weighted by Crippen LogP contribution is -2.45. The molecule has 1 atom stereocenters. The zero-order valence-electron chi connectivity index (χ0n) is 12.0. The van der Waals surface area contributed by atoms with Gasteiger partial charge < -0.3 is 15.3 Å². The van der Waals surface area contributed by atoms with Crippen LogP contribution < -0.4 is 10.6 Å². The van der Waals surface area contributed by atoms with E-state index in [0.29, 0.717) is 6.54 Å². The predicted octanol–water partition coefficient (Wildman–Crippen LogP) is 0.327. The van der Waals surface area contributed by atoms with Crippen molar-refractivity contribution < 1.29 is 19.5 Å². The Bertz CT molecular complexity index is 445. The van der Waals surface area contributed by atoms with Gasteiger partial charge >= 0.3 is 12.0 Å². The average Bonchev–Trinajstić information content (AvgIpc) is 2.79. The minimum absolute atomic E-state index is 0.0191. The van der Waals surface area contributed by atoms with E-state index in [-0.39, 0.29) is 17.2 Å². The number of carboxylic acids is 1. The number of hydrogen-bond acceptors (Lipinski definition) is 4. The molecule has 0 spiro atoms. The smallest absolute Gasteiger partial charge is 0.331 e. The van der Waals surface area contributed by atoms with Crippen molar-refractivity contribution in [2.45, 2.75) is 32.7 Å². The van der Waals surface area contributed by atoms with Crippen LogP contribution >= 0.6 is 0 Å². The molecule has 1 aliphatic rings. The molecule has 0 aliphatic carbocycles. The largest absolute Gasteiger partial charge is 0.478 e. The molecule has 1 unspecified atom stereocenters. The van der Waals surface area contributed by atoms with E-state index >= 15 is 0 Å². The van der Waals surface area contributed by atoms with Gasteiger partial charge in [0.05, 0.1) is 0 Å². The molecule has 20 heavy (non-hydrogen) atoms. The quantitative estimate of drug-likeness (QED) is 0.646. The maximum atomic E-state index is 11.7. The highest BCUT2D eigenvalue weighted by atomic mass is 16.4. The van der Waals surface area contributed by atoms with Crippen LogP contribution in [0.15, 0.2) is 11.1 Å². The summed E-state index contributed by atoms with van der Waals surface area (Å²) >= 11 is 0. The Morgan fingerprint density at radius 3 is 2.40 bits per heavy atom. The van der Waals surface area contributed by atoms with Crippen molar-refractivity contribution in [1.82, 2.24) is 15.5 Å². The van der Waals surface area contributed by atoms with E-state index in [0.717, 1.165) is 19.4 Å². The Morgan fingerprint density at radius 2 is 1.90 bits per heavy atom. The molecule has 7 nitrogen and oxygen atoms in total. The maximum Gasteiger partial charge on any atom is 0.331 e. The lowest BCUT2D eigenvalue weighted by atomic mass is 10.1. The number of carbonyl (C=O) groups is 3. The second-order valence-electron chi connectivity index (χ2n) is 5.00. The molecule has 0 aromatic rings. The molecule has 3 amide bonds. The van der Waals surface area contributed by atoms with Gasteiger partial charge in [-0.3, -0.25) is 10.1 Å². The van der Waals surface area contributed by atoms with Crippen molar-refractivity contribution in [2.75, 3.05) is 20.1 Å². The van der Waals surface area contributed by atoms with Gasteiger partial charge in [0, 0.05) is 23.7 Å². The van der Waals surface area contributed by atoms with E-state index in [4.69, 9.17) is 5.11 Å². The number of likely N-dealkylation sites (N-methyl/N-ethyl adjacent to an activating group) is 1. The van der Waals surface area contributed by atoms with Crippen molar-refractivity contribution >= 4 is 17.9 Å². The number of rotatable bonds is 4. The molecule has 1 saturated heterocycles. The Balaban J connectivity index is 2.44. The van der Waals surface area contributed by atoms with Crippen LogP contribution in [0.5, 0.6) is 0 Å². The molecular formula is C13H21N3O4. The Morgan fingerprint density at radius 1 is 1.25 bits per heavy atom. The first-order valence-electron chi connectivity index (χ1n) is 6.53. The van der Waals surface area contributed by atoms with Crippen molar-refractivity contribution in [2.24, 2.45) is 0 Å². The topological polar surface area (TPSA) is 98.7 Å². The number of likely N-dealkylation sites (tertiary alicyclic amines) is 1. The number of carboxylic acid groups (broad SMARTS) is 1. The van der Waals surface area contributed by atoms with Crippen LogP contribution in [0.25, 0.3) is 0 Å². The molecular weight excluding hydrogens is 262 g/mol. The summed E-state index contributed by atoms with van der Waals surface area (Å²) in [7, 11) is 1.99. The van der Waals surface area contributed by atoms with Gasteiger partial charge in [-0.05, 0) is 40.3 Å². The van der Waals surface area contributed by atoms with Gasteiger partial charge in [0.15, 0.2) is 0 Å². The van der Waals surface area contributed by atoms with E-state index < -0.39 is 17.9 Å². The second-order valence-corrected chi connectivity index (χ2v) is 5.00. The normalized spacial score (nSPS) is 20.2. The summed E-state index contributed by atoms with van der Waals surface area (Å²) in [5.74, 6) is -1.87. The van der Waals surface area contributed by atoms with E-state index in [1.807, 2.05) is 7.05 Å². The lowest BCUT2D eigenvalue weighted by molar-refractivity contribution is -0.133. The van der Waals surface area contributed by atoms with Crippen molar-refractivity contribution in [3.8, 4) is 0 Å². The average molecular weight is 283 g/mol. The fourth-order valence-corrected chi connectivity index (χ4v) is 2.02. The maximum absolute atomic E-state index is 11.7. The van der Waals surface area contributed by atoms with Crippen LogP contribution in [0.3, 0.4) is 0 Å². The fraction of sp³-hybridized carbons (Fsp3) is 0.615. The number of nitrogens with one attached hydrogen (secondary N) is 2. The van der Waals surface area contributed by atoms with E-state index in [2.05, 4.69) is 15.5 Å². The van der Waals surface area contributed by atoms with Crippen LogP contribution in [-0.4, -0.2) is 54.1 Å². The van der Waals surface area contributed by atoms with Crippen molar-refractivity contribution in [1.29, 1.82) is 0 Å². The van der Waals surface area contributed by atoms with Gasteiger partial charge in [-0.2, -0.15) is 0 Å². The molecule has 0 bridgehead atoms. The Hall–Kier alpha value is -1.89. The Kier molecular flexibility index (Phi) is 5.69. The summed E-state index contributed by atoms with van der Waals surface area (Å²) in [6, 6.07) is -0.318. The van der Waals surface area contributed by atoms with Gasteiger partial charge in [0.2, 0.25) is 0 Å². The number of nitrogens with zero attached hydrogens (tertiary/aromatic N) is 1. The minimum atomic E-state index is -1.18. The highest BCUT2D eigenvalue weighted by molar-refractivity contribution is 6.07. The molecule has 0 aromatic carbocycles. The summed E-state index contributed by atoms with van der Waals surface area (Å²) in [5, 5.41) is 13.5. The minimum Gasteiger partial charge on any atom is -0.478 e. The number of aliphatic carboxylic acids is 1. The van der Waals surface area contributed by atoms with E-state index in [1.165, 1.54) is 13.8 Å². The molecule has 112 valence electrons. The molecule has 0 saturated carbocycles. The first kappa shape index (κ1) is 16.2. The third-order valence-corrected chi connectivity index (χ3v) is 3.62. The third-order valence-electron chi connectivity index (χ3n) is 3.62. The van der Waals surface area contributed by atoms with E-state index in [9.17, 15) is 14.4 Å². The first-order valence-corrected chi connectivity index (χ1v) is 6.53. The molecule has 1 heterocycles. The van der Waals surface area contributed by atoms with Crippen LogP contribution in [0.2, 0.25) is 0 Å². The zero-order valence-corrected chi connectivity index (χ0v) is 12.0. The number of carbonyl (C=O) groups excluding carboxylic acids is 2.